The average molecular weight is 222 g/mol. The van der Waals surface area contributed by atoms with Crippen molar-refractivity contribution in [3.05, 3.63) is 15.3 Å². The largest absolute Gasteiger partial charge is 0.397 e. The van der Waals surface area contributed by atoms with Crippen LogP contribution in [-0.4, -0.2) is 0 Å². The molecular formula is C12H18N2S. The van der Waals surface area contributed by atoms with Gasteiger partial charge >= 0.3 is 0 Å². The zero-order valence-corrected chi connectivity index (χ0v) is 10.7. The van der Waals surface area contributed by atoms with Crippen molar-refractivity contribution in [1.82, 2.24) is 0 Å². The summed E-state index contributed by atoms with van der Waals surface area (Å²) in [4.78, 5) is 1.93. The van der Waals surface area contributed by atoms with Gasteiger partial charge in [0.1, 0.15) is 10.9 Å². The second-order valence-corrected chi connectivity index (χ2v) is 5.78. The van der Waals surface area contributed by atoms with E-state index >= 15 is 0 Å². The molecule has 82 valence electrons. The first-order chi connectivity index (χ1) is 6.91. The van der Waals surface area contributed by atoms with E-state index in [-0.39, 0.29) is 5.41 Å². The van der Waals surface area contributed by atoms with E-state index in [0.29, 0.717) is 10.6 Å². The molecule has 3 heteroatoms. The van der Waals surface area contributed by atoms with Crippen molar-refractivity contribution < 1.29 is 0 Å². The van der Waals surface area contributed by atoms with Crippen molar-refractivity contribution in [3.63, 3.8) is 0 Å². The fourth-order valence-electron chi connectivity index (χ4n) is 1.67. The molecule has 1 aromatic heterocycles. The van der Waals surface area contributed by atoms with Gasteiger partial charge in [0.15, 0.2) is 0 Å². The predicted molar refractivity (Wildman–Crippen MR) is 66.1 cm³/mol. The van der Waals surface area contributed by atoms with Gasteiger partial charge in [-0.3, -0.25) is 0 Å². The van der Waals surface area contributed by atoms with Crippen molar-refractivity contribution >= 4 is 17.0 Å². The Hall–Kier alpha value is -1.01. The summed E-state index contributed by atoms with van der Waals surface area (Å²) in [5.41, 5.74) is 7.96. The highest BCUT2D eigenvalue weighted by atomic mass is 32.1. The van der Waals surface area contributed by atoms with Gasteiger partial charge in [-0.25, -0.2) is 0 Å². The van der Waals surface area contributed by atoms with Gasteiger partial charge in [0.05, 0.1) is 5.69 Å². The van der Waals surface area contributed by atoms with Gasteiger partial charge in [0.25, 0.3) is 0 Å². The topological polar surface area (TPSA) is 49.8 Å². The number of rotatable bonds is 2. The van der Waals surface area contributed by atoms with E-state index in [0.717, 1.165) is 12.8 Å². The number of nitrogens with two attached hydrogens (primary N) is 1. The summed E-state index contributed by atoms with van der Waals surface area (Å²) in [5.74, 6) is 0. The summed E-state index contributed by atoms with van der Waals surface area (Å²) in [6.45, 7) is 8.63. The Morgan fingerprint density at radius 1 is 1.40 bits per heavy atom. The fraction of sp³-hybridized carbons (Fsp3) is 0.583. The molecule has 0 aromatic carbocycles. The molecule has 1 aromatic rings. The van der Waals surface area contributed by atoms with Crippen LogP contribution in [0.2, 0.25) is 0 Å². The molecule has 0 unspecified atom stereocenters. The van der Waals surface area contributed by atoms with E-state index < -0.39 is 0 Å². The van der Waals surface area contributed by atoms with Crippen molar-refractivity contribution in [1.29, 1.82) is 5.26 Å². The lowest BCUT2D eigenvalue weighted by molar-refractivity contribution is 0.596. The Labute approximate surface area is 95.7 Å². The normalized spacial score (nSPS) is 11.4. The number of anilines is 1. The molecule has 2 N–H and O–H groups in total. The Kier molecular flexibility index (Phi) is 3.41. The maximum absolute atomic E-state index is 8.97. The summed E-state index contributed by atoms with van der Waals surface area (Å²) in [6, 6.07) is 2.18. The lowest BCUT2D eigenvalue weighted by Crippen LogP contribution is -2.11. The molecule has 0 radical (unpaired) electrons. The minimum atomic E-state index is 0.0817. The van der Waals surface area contributed by atoms with E-state index in [2.05, 4.69) is 33.8 Å². The van der Waals surface area contributed by atoms with E-state index in [1.165, 1.54) is 10.4 Å². The first-order valence-electron chi connectivity index (χ1n) is 5.23. The summed E-state index contributed by atoms with van der Waals surface area (Å²) < 4.78 is 0. The third-order valence-electron chi connectivity index (χ3n) is 2.33. The van der Waals surface area contributed by atoms with Crippen molar-refractivity contribution in [2.45, 2.75) is 46.0 Å². The highest BCUT2D eigenvalue weighted by Crippen LogP contribution is 2.39. The van der Waals surface area contributed by atoms with Gasteiger partial charge in [-0.05, 0) is 17.4 Å². The van der Waals surface area contributed by atoms with Gasteiger partial charge in [-0.15, -0.1) is 11.3 Å². The molecule has 0 amide bonds. The van der Waals surface area contributed by atoms with Crippen LogP contribution in [0.4, 0.5) is 5.69 Å². The quantitative estimate of drug-likeness (QED) is 0.833. The highest BCUT2D eigenvalue weighted by molar-refractivity contribution is 7.13. The maximum Gasteiger partial charge on any atom is 0.128 e. The molecule has 0 fully saturated rings. The number of hydrogen-bond donors (Lipinski definition) is 1. The number of hydrogen-bond acceptors (Lipinski definition) is 3. The first kappa shape index (κ1) is 12.1. The van der Waals surface area contributed by atoms with Crippen LogP contribution in [0.5, 0.6) is 0 Å². The molecule has 2 nitrogen and oxygen atoms in total. The third-order valence-corrected chi connectivity index (χ3v) is 3.91. The van der Waals surface area contributed by atoms with Crippen molar-refractivity contribution in [3.8, 4) is 6.07 Å². The second-order valence-electron chi connectivity index (χ2n) is 4.76. The molecule has 0 aliphatic carbocycles. The number of thiophene rings is 1. The predicted octanol–water partition coefficient (Wildman–Crippen LogP) is 3.45. The molecular weight excluding hydrogens is 204 g/mol. The summed E-state index contributed by atoms with van der Waals surface area (Å²) in [6.07, 6.45) is 2.03. The van der Waals surface area contributed by atoms with Gasteiger partial charge in [0, 0.05) is 4.88 Å². The molecule has 0 bridgehead atoms. The standard InChI is InChI=1S/C12H18N2S/c1-5-6-8-10(14)9(7-13)15-11(8)12(2,3)4/h5-6,14H2,1-4H3. The number of nitriles is 1. The molecule has 1 heterocycles. The van der Waals surface area contributed by atoms with Gasteiger partial charge in [-0.1, -0.05) is 34.1 Å². The molecule has 0 aliphatic heterocycles. The van der Waals surface area contributed by atoms with Crippen molar-refractivity contribution in [2.75, 3.05) is 5.73 Å². The van der Waals surface area contributed by atoms with E-state index in [1.807, 2.05) is 0 Å². The monoisotopic (exact) mass is 222 g/mol. The molecule has 0 saturated carbocycles. The maximum atomic E-state index is 8.97. The zero-order valence-electron chi connectivity index (χ0n) is 9.85. The van der Waals surface area contributed by atoms with Gasteiger partial charge < -0.3 is 5.73 Å². The molecule has 15 heavy (non-hydrogen) atoms. The van der Waals surface area contributed by atoms with E-state index in [4.69, 9.17) is 11.0 Å². The van der Waals surface area contributed by atoms with E-state index in [9.17, 15) is 0 Å². The molecule has 0 aliphatic rings. The Morgan fingerprint density at radius 2 is 2.00 bits per heavy atom. The second kappa shape index (κ2) is 4.24. The van der Waals surface area contributed by atoms with Crippen LogP contribution in [0.25, 0.3) is 0 Å². The summed E-state index contributed by atoms with van der Waals surface area (Å²) >= 11 is 1.55. The molecule has 0 spiro atoms. The number of nitrogen functional groups attached to an aromatic ring is 1. The van der Waals surface area contributed by atoms with Crippen LogP contribution in [0.3, 0.4) is 0 Å². The summed E-state index contributed by atoms with van der Waals surface area (Å²) in [5, 5.41) is 8.97. The first-order valence-corrected chi connectivity index (χ1v) is 6.05. The van der Waals surface area contributed by atoms with Crippen LogP contribution in [-0.2, 0) is 11.8 Å². The van der Waals surface area contributed by atoms with Gasteiger partial charge in [-0.2, -0.15) is 5.26 Å². The van der Waals surface area contributed by atoms with Crippen LogP contribution in [0, 0.1) is 11.3 Å². The fourth-order valence-corrected chi connectivity index (χ4v) is 2.79. The zero-order chi connectivity index (χ0) is 11.6. The Morgan fingerprint density at radius 3 is 2.40 bits per heavy atom. The lowest BCUT2D eigenvalue weighted by Gasteiger charge is -2.18. The van der Waals surface area contributed by atoms with Crippen LogP contribution in [0.15, 0.2) is 0 Å². The molecule has 1 rings (SSSR count). The van der Waals surface area contributed by atoms with Crippen LogP contribution < -0.4 is 5.73 Å². The molecule has 0 saturated heterocycles. The smallest absolute Gasteiger partial charge is 0.128 e. The van der Waals surface area contributed by atoms with Crippen LogP contribution in [0.1, 0.15) is 49.4 Å². The lowest BCUT2D eigenvalue weighted by atomic mass is 9.90. The van der Waals surface area contributed by atoms with Crippen molar-refractivity contribution in [2.24, 2.45) is 0 Å². The van der Waals surface area contributed by atoms with Crippen LogP contribution >= 0.6 is 11.3 Å². The highest BCUT2D eigenvalue weighted by Gasteiger charge is 2.24. The number of nitrogens with zero attached hydrogens (tertiary/aromatic N) is 1. The summed E-state index contributed by atoms with van der Waals surface area (Å²) in [7, 11) is 0. The Bertz CT molecular complexity index is 391. The minimum Gasteiger partial charge on any atom is -0.397 e. The third kappa shape index (κ3) is 2.32. The molecule has 0 atom stereocenters. The Balaban J connectivity index is 3.33. The average Bonchev–Trinajstić information content (AvgIpc) is 2.44. The van der Waals surface area contributed by atoms with Gasteiger partial charge in [0.2, 0.25) is 0 Å². The minimum absolute atomic E-state index is 0.0817. The SMILES string of the molecule is CCCc1c(C(C)(C)C)sc(C#N)c1N. The van der Waals surface area contributed by atoms with E-state index in [1.54, 1.807) is 11.3 Å².